The molecule has 0 amide bonds. The van der Waals surface area contributed by atoms with Crippen LogP contribution in [0.3, 0.4) is 0 Å². The molecular formula is C12H14N2S2. The highest BCUT2D eigenvalue weighted by atomic mass is 32.1. The normalized spacial score (nSPS) is 17.6. The van der Waals surface area contributed by atoms with Gasteiger partial charge in [-0.1, -0.05) is 0 Å². The van der Waals surface area contributed by atoms with E-state index >= 15 is 0 Å². The van der Waals surface area contributed by atoms with Crippen molar-refractivity contribution in [1.82, 2.24) is 10.3 Å². The van der Waals surface area contributed by atoms with E-state index in [1.54, 1.807) is 11.3 Å². The van der Waals surface area contributed by atoms with E-state index in [4.69, 9.17) is 0 Å². The minimum atomic E-state index is 0.312. The van der Waals surface area contributed by atoms with Crippen LogP contribution in [0.5, 0.6) is 0 Å². The predicted octanol–water partition coefficient (Wildman–Crippen LogP) is 3.35. The van der Waals surface area contributed by atoms with Crippen LogP contribution in [0.1, 0.15) is 34.3 Å². The first kappa shape index (κ1) is 10.4. The van der Waals surface area contributed by atoms with E-state index in [0.717, 1.165) is 0 Å². The molecule has 2 aromatic heterocycles. The molecule has 84 valence electrons. The number of aromatic nitrogens is 1. The van der Waals surface area contributed by atoms with Crippen LogP contribution in [-0.4, -0.2) is 11.0 Å². The second-order valence-electron chi connectivity index (χ2n) is 4.21. The second kappa shape index (κ2) is 4.28. The molecule has 2 nitrogen and oxygen atoms in total. The fraction of sp³-hybridized carbons (Fsp3) is 0.417. The topological polar surface area (TPSA) is 24.9 Å². The van der Waals surface area contributed by atoms with Gasteiger partial charge in [-0.25, -0.2) is 4.98 Å². The average molecular weight is 250 g/mol. The molecule has 0 aliphatic heterocycles. The van der Waals surface area contributed by atoms with Gasteiger partial charge in [0.2, 0.25) is 0 Å². The second-order valence-corrected chi connectivity index (χ2v) is 6.09. The van der Waals surface area contributed by atoms with E-state index < -0.39 is 0 Å². The summed E-state index contributed by atoms with van der Waals surface area (Å²) in [6.07, 6.45) is 4.52. The summed E-state index contributed by atoms with van der Waals surface area (Å²) in [7, 11) is 0. The van der Waals surface area contributed by atoms with Gasteiger partial charge in [0.15, 0.2) is 0 Å². The molecule has 2 heterocycles. The Morgan fingerprint density at radius 2 is 2.25 bits per heavy atom. The SMILES string of the molecule is Cc1ccsc1C(NC1CC1)c1nccs1. The molecule has 0 spiro atoms. The Balaban J connectivity index is 1.92. The zero-order chi connectivity index (χ0) is 11.0. The summed E-state index contributed by atoms with van der Waals surface area (Å²) in [5, 5.41) is 9.11. The van der Waals surface area contributed by atoms with Gasteiger partial charge in [-0.05, 0) is 36.8 Å². The fourth-order valence-corrected chi connectivity index (χ4v) is 3.57. The molecule has 0 bridgehead atoms. The van der Waals surface area contributed by atoms with E-state index in [1.807, 2.05) is 17.5 Å². The van der Waals surface area contributed by atoms with Crippen molar-refractivity contribution >= 4 is 22.7 Å². The number of nitrogens with one attached hydrogen (secondary N) is 1. The number of rotatable bonds is 4. The molecule has 2 aromatic rings. The minimum Gasteiger partial charge on any atom is -0.301 e. The van der Waals surface area contributed by atoms with Crippen molar-refractivity contribution in [1.29, 1.82) is 0 Å². The van der Waals surface area contributed by atoms with Crippen LogP contribution in [0.2, 0.25) is 0 Å². The molecule has 0 saturated heterocycles. The zero-order valence-corrected chi connectivity index (χ0v) is 10.8. The van der Waals surface area contributed by atoms with Gasteiger partial charge in [-0.3, -0.25) is 0 Å². The van der Waals surface area contributed by atoms with Crippen LogP contribution >= 0.6 is 22.7 Å². The Hall–Kier alpha value is -0.710. The molecule has 1 unspecified atom stereocenters. The van der Waals surface area contributed by atoms with Crippen LogP contribution in [0.15, 0.2) is 23.0 Å². The van der Waals surface area contributed by atoms with Gasteiger partial charge < -0.3 is 5.32 Å². The lowest BCUT2D eigenvalue weighted by molar-refractivity contribution is 0.604. The molecule has 1 atom stereocenters. The average Bonchev–Trinajstić information content (AvgIpc) is 2.80. The van der Waals surface area contributed by atoms with Gasteiger partial charge in [-0.15, -0.1) is 22.7 Å². The molecule has 1 N–H and O–H groups in total. The highest BCUT2D eigenvalue weighted by molar-refractivity contribution is 7.11. The van der Waals surface area contributed by atoms with Crippen molar-refractivity contribution in [3.63, 3.8) is 0 Å². The summed E-state index contributed by atoms with van der Waals surface area (Å²) >= 11 is 3.57. The van der Waals surface area contributed by atoms with Crippen LogP contribution in [0, 0.1) is 6.92 Å². The summed E-state index contributed by atoms with van der Waals surface area (Å²) in [5.41, 5.74) is 1.37. The largest absolute Gasteiger partial charge is 0.301 e. The first-order chi connectivity index (χ1) is 7.84. The van der Waals surface area contributed by atoms with Gasteiger partial charge in [0.25, 0.3) is 0 Å². The van der Waals surface area contributed by atoms with Gasteiger partial charge in [0.05, 0.1) is 6.04 Å². The maximum absolute atomic E-state index is 4.46. The molecule has 1 aliphatic rings. The van der Waals surface area contributed by atoms with E-state index in [1.165, 1.54) is 28.3 Å². The number of thiophene rings is 1. The molecule has 0 radical (unpaired) electrons. The Labute approximate surface area is 103 Å². The van der Waals surface area contributed by atoms with Gasteiger partial charge in [0, 0.05) is 22.5 Å². The Morgan fingerprint density at radius 3 is 2.81 bits per heavy atom. The Bertz CT molecular complexity index is 457. The lowest BCUT2D eigenvalue weighted by atomic mass is 10.1. The predicted molar refractivity (Wildman–Crippen MR) is 69.2 cm³/mol. The Morgan fingerprint density at radius 1 is 1.38 bits per heavy atom. The highest BCUT2D eigenvalue weighted by Crippen LogP contribution is 2.33. The van der Waals surface area contributed by atoms with E-state index in [-0.39, 0.29) is 0 Å². The van der Waals surface area contributed by atoms with E-state index in [0.29, 0.717) is 12.1 Å². The molecule has 1 fully saturated rings. The maximum atomic E-state index is 4.46. The first-order valence-electron chi connectivity index (χ1n) is 5.54. The number of hydrogen-bond acceptors (Lipinski definition) is 4. The molecular weight excluding hydrogens is 236 g/mol. The third kappa shape index (κ3) is 2.05. The number of hydrogen-bond donors (Lipinski definition) is 1. The smallest absolute Gasteiger partial charge is 0.115 e. The molecule has 1 aliphatic carbocycles. The molecule has 3 rings (SSSR count). The molecule has 1 saturated carbocycles. The van der Waals surface area contributed by atoms with Crippen molar-refractivity contribution in [3.8, 4) is 0 Å². The van der Waals surface area contributed by atoms with Gasteiger partial charge in [-0.2, -0.15) is 0 Å². The molecule has 0 aromatic carbocycles. The first-order valence-corrected chi connectivity index (χ1v) is 7.30. The third-order valence-corrected chi connectivity index (χ3v) is 4.77. The number of aryl methyl sites for hydroxylation is 1. The van der Waals surface area contributed by atoms with Crippen molar-refractivity contribution in [2.45, 2.75) is 31.8 Å². The lowest BCUT2D eigenvalue weighted by Gasteiger charge is -2.15. The number of thiazole rings is 1. The highest BCUT2D eigenvalue weighted by Gasteiger charge is 2.28. The zero-order valence-electron chi connectivity index (χ0n) is 9.14. The van der Waals surface area contributed by atoms with Crippen LogP contribution < -0.4 is 5.32 Å². The van der Waals surface area contributed by atoms with Crippen molar-refractivity contribution < 1.29 is 0 Å². The summed E-state index contributed by atoms with van der Waals surface area (Å²) in [4.78, 5) is 5.88. The summed E-state index contributed by atoms with van der Waals surface area (Å²) in [6.45, 7) is 2.18. The summed E-state index contributed by atoms with van der Waals surface area (Å²) in [5.74, 6) is 0. The summed E-state index contributed by atoms with van der Waals surface area (Å²) < 4.78 is 0. The van der Waals surface area contributed by atoms with Crippen LogP contribution in [0.25, 0.3) is 0 Å². The fourth-order valence-electron chi connectivity index (χ4n) is 1.80. The third-order valence-electron chi connectivity index (χ3n) is 2.84. The standard InChI is InChI=1S/C12H14N2S2/c1-8-4-6-15-11(8)10(14-9-2-3-9)12-13-5-7-16-12/h4-7,9-10,14H,2-3H2,1H3. The summed E-state index contributed by atoms with van der Waals surface area (Å²) in [6, 6.07) is 3.21. The van der Waals surface area contributed by atoms with Crippen molar-refractivity contribution in [3.05, 3.63) is 38.5 Å². The van der Waals surface area contributed by atoms with E-state index in [9.17, 15) is 0 Å². The van der Waals surface area contributed by atoms with Gasteiger partial charge >= 0.3 is 0 Å². The molecule has 4 heteroatoms. The van der Waals surface area contributed by atoms with Crippen molar-refractivity contribution in [2.75, 3.05) is 0 Å². The maximum Gasteiger partial charge on any atom is 0.115 e. The van der Waals surface area contributed by atoms with Crippen LogP contribution in [0.4, 0.5) is 0 Å². The lowest BCUT2D eigenvalue weighted by Crippen LogP contribution is -2.24. The van der Waals surface area contributed by atoms with Crippen molar-refractivity contribution in [2.24, 2.45) is 0 Å². The monoisotopic (exact) mass is 250 g/mol. The molecule has 16 heavy (non-hydrogen) atoms. The van der Waals surface area contributed by atoms with Gasteiger partial charge in [0.1, 0.15) is 5.01 Å². The Kier molecular flexibility index (Phi) is 2.79. The number of nitrogens with zero attached hydrogens (tertiary/aromatic N) is 1. The van der Waals surface area contributed by atoms with E-state index in [2.05, 4.69) is 34.1 Å². The quantitative estimate of drug-likeness (QED) is 0.900. The minimum absolute atomic E-state index is 0.312. The van der Waals surface area contributed by atoms with Crippen LogP contribution in [-0.2, 0) is 0 Å².